The summed E-state index contributed by atoms with van der Waals surface area (Å²) < 4.78 is 0. The molecule has 1 aliphatic rings. The average Bonchev–Trinajstić information content (AvgIpc) is 2.29. The monoisotopic (exact) mass is 171 g/mol. The molecule has 72 valence electrons. The fourth-order valence-corrected chi connectivity index (χ4v) is 2.44. The Morgan fingerprint density at radius 1 is 1.33 bits per heavy atom. The maximum Gasteiger partial charge on any atom is 0.0448 e. The van der Waals surface area contributed by atoms with Gasteiger partial charge in [0.2, 0.25) is 0 Å². The maximum atomic E-state index is 8.95. The summed E-state index contributed by atoms with van der Waals surface area (Å²) in [5.41, 5.74) is 0.677. The van der Waals surface area contributed by atoms with Crippen molar-refractivity contribution in [3.05, 3.63) is 0 Å². The lowest BCUT2D eigenvalue weighted by molar-refractivity contribution is 0.206. The van der Waals surface area contributed by atoms with E-state index in [9.17, 15) is 0 Å². The van der Waals surface area contributed by atoms with E-state index in [0.717, 1.165) is 6.42 Å². The maximum absolute atomic E-state index is 8.95. The van der Waals surface area contributed by atoms with Crippen molar-refractivity contribution < 1.29 is 5.11 Å². The summed E-state index contributed by atoms with van der Waals surface area (Å²) in [6.07, 6.45) is 4.56. The molecule has 0 spiro atoms. The zero-order chi connectivity index (χ0) is 9.24. The van der Waals surface area contributed by atoms with Crippen LogP contribution in [-0.4, -0.2) is 24.3 Å². The zero-order valence-corrected chi connectivity index (χ0v) is 8.48. The van der Waals surface area contributed by atoms with Crippen molar-refractivity contribution in [2.24, 2.45) is 5.41 Å². The van der Waals surface area contributed by atoms with Crippen LogP contribution in [0.15, 0.2) is 0 Å². The Kier molecular flexibility index (Phi) is 2.79. The van der Waals surface area contributed by atoms with E-state index >= 15 is 0 Å². The summed E-state index contributed by atoms with van der Waals surface area (Å²) in [4.78, 5) is 0. The quantitative estimate of drug-likeness (QED) is 0.675. The highest BCUT2D eigenvalue weighted by molar-refractivity contribution is 4.98. The first kappa shape index (κ1) is 10.0. The summed E-state index contributed by atoms with van der Waals surface area (Å²) in [6.45, 7) is 4.92. The van der Waals surface area contributed by atoms with Gasteiger partial charge in [-0.2, -0.15) is 0 Å². The van der Waals surface area contributed by atoms with E-state index < -0.39 is 0 Å². The average molecular weight is 171 g/mol. The molecule has 2 nitrogen and oxygen atoms in total. The van der Waals surface area contributed by atoms with E-state index in [2.05, 4.69) is 19.2 Å². The lowest BCUT2D eigenvalue weighted by atomic mass is 9.86. The Bertz CT molecular complexity index is 156. The standard InChI is InChI=1S/C10H21NO/c1-9(2)4-5-10(8-9,11-3)6-7-12/h11-12H,4-8H2,1-3H3. The third-order valence-corrected chi connectivity index (χ3v) is 3.22. The van der Waals surface area contributed by atoms with Gasteiger partial charge in [0.05, 0.1) is 0 Å². The molecule has 2 heteroatoms. The first-order valence-corrected chi connectivity index (χ1v) is 4.83. The van der Waals surface area contributed by atoms with Crippen LogP contribution in [-0.2, 0) is 0 Å². The molecule has 0 aromatic rings. The zero-order valence-electron chi connectivity index (χ0n) is 8.48. The Morgan fingerprint density at radius 3 is 2.33 bits per heavy atom. The molecule has 0 aromatic heterocycles. The first-order chi connectivity index (χ1) is 5.54. The molecule has 0 bridgehead atoms. The second kappa shape index (κ2) is 3.35. The van der Waals surface area contributed by atoms with Gasteiger partial charge in [0, 0.05) is 12.1 Å². The fraction of sp³-hybridized carbons (Fsp3) is 1.00. The number of hydrogen-bond acceptors (Lipinski definition) is 2. The van der Waals surface area contributed by atoms with Crippen LogP contribution < -0.4 is 5.32 Å². The van der Waals surface area contributed by atoms with Crippen LogP contribution in [0, 0.1) is 5.41 Å². The van der Waals surface area contributed by atoms with E-state index in [1.54, 1.807) is 0 Å². The Morgan fingerprint density at radius 2 is 2.00 bits per heavy atom. The molecular formula is C10H21NO. The summed E-state index contributed by atoms with van der Waals surface area (Å²) in [5, 5.41) is 12.3. The molecule has 0 amide bonds. The molecule has 0 heterocycles. The largest absolute Gasteiger partial charge is 0.396 e. The fourth-order valence-electron chi connectivity index (χ4n) is 2.44. The van der Waals surface area contributed by atoms with E-state index in [1.807, 2.05) is 7.05 Å². The molecule has 1 aliphatic carbocycles. The van der Waals surface area contributed by atoms with Crippen molar-refractivity contribution in [2.45, 2.75) is 45.1 Å². The molecular weight excluding hydrogens is 150 g/mol. The Balaban J connectivity index is 2.59. The number of nitrogens with one attached hydrogen (secondary N) is 1. The Hall–Kier alpha value is -0.0800. The van der Waals surface area contributed by atoms with Crippen LogP contribution in [0.1, 0.15) is 39.5 Å². The van der Waals surface area contributed by atoms with E-state index in [4.69, 9.17) is 5.11 Å². The van der Waals surface area contributed by atoms with Crippen LogP contribution in [0.3, 0.4) is 0 Å². The summed E-state index contributed by atoms with van der Waals surface area (Å²) in [5.74, 6) is 0. The first-order valence-electron chi connectivity index (χ1n) is 4.83. The third-order valence-electron chi connectivity index (χ3n) is 3.22. The third kappa shape index (κ3) is 1.99. The molecule has 0 radical (unpaired) electrons. The minimum Gasteiger partial charge on any atom is -0.396 e. The molecule has 1 atom stereocenters. The highest BCUT2D eigenvalue weighted by atomic mass is 16.3. The molecule has 2 N–H and O–H groups in total. The van der Waals surface area contributed by atoms with Gasteiger partial charge in [0.1, 0.15) is 0 Å². The molecule has 1 saturated carbocycles. The van der Waals surface area contributed by atoms with Gasteiger partial charge in [0.15, 0.2) is 0 Å². The van der Waals surface area contributed by atoms with Crippen molar-refractivity contribution >= 4 is 0 Å². The predicted octanol–water partition coefficient (Wildman–Crippen LogP) is 1.54. The van der Waals surface area contributed by atoms with Crippen LogP contribution >= 0.6 is 0 Å². The van der Waals surface area contributed by atoms with Crippen molar-refractivity contribution in [3.63, 3.8) is 0 Å². The predicted molar refractivity (Wildman–Crippen MR) is 51.1 cm³/mol. The topological polar surface area (TPSA) is 32.3 Å². The smallest absolute Gasteiger partial charge is 0.0448 e. The minimum absolute atomic E-state index is 0.220. The van der Waals surface area contributed by atoms with Crippen LogP contribution in [0.4, 0.5) is 0 Å². The second-order valence-corrected chi connectivity index (χ2v) is 4.84. The van der Waals surface area contributed by atoms with E-state index in [0.29, 0.717) is 12.0 Å². The molecule has 1 fully saturated rings. The van der Waals surface area contributed by atoms with Crippen LogP contribution in [0.25, 0.3) is 0 Å². The van der Waals surface area contributed by atoms with Gasteiger partial charge in [-0.15, -0.1) is 0 Å². The van der Waals surface area contributed by atoms with Gasteiger partial charge in [-0.1, -0.05) is 13.8 Å². The highest BCUT2D eigenvalue weighted by Gasteiger charge is 2.41. The van der Waals surface area contributed by atoms with Gasteiger partial charge in [0.25, 0.3) is 0 Å². The number of aliphatic hydroxyl groups excluding tert-OH is 1. The molecule has 0 aromatic carbocycles. The molecule has 12 heavy (non-hydrogen) atoms. The Labute approximate surface area is 75.4 Å². The van der Waals surface area contributed by atoms with Gasteiger partial charge >= 0.3 is 0 Å². The van der Waals surface area contributed by atoms with Crippen LogP contribution in [0.2, 0.25) is 0 Å². The SMILES string of the molecule is CNC1(CCO)CCC(C)(C)C1. The van der Waals surface area contributed by atoms with Crippen LogP contribution in [0.5, 0.6) is 0 Å². The van der Waals surface area contributed by atoms with Gasteiger partial charge in [-0.05, 0) is 38.1 Å². The molecule has 0 aliphatic heterocycles. The molecule has 1 rings (SSSR count). The molecule has 0 saturated heterocycles. The van der Waals surface area contributed by atoms with Gasteiger partial charge in [-0.25, -0.2) is 0 Å². The van der Waals surface area contributed by atoms with Crippen molar-refractivity contribution in [1.29, 1.82) is 0 Å². The summed E-state index contributed by atoms with van der Waals surface area (Å²) >= 11 is 0. The van der Waals surface area contributed by atoms with Gasteiger partial charge in [-0.3, -0.25) is 0 Å². The summed E-state index contributed by atoms with van der Waals surface area (Å²) in [7, 11) is 2.01. The van der Waals surface area contributed by atoms with Crippen molar-refractivity contribution in [3.8, 4) is 0 Å². The lowest BCUT2D eigenvalue weighted by Crippen LogP contribution is -2.41. The number of rotatable bonds is 3. The highest BCUT2D eigenvalue weighted by Crippen LogP contribution is 2.44. The van der Waals surface area contributed by atoms with Crippen molar-refractivity contribution in [1.82, 2.24) is 5.32 Å². The normalized spacial score (nSPS) is 34.0. The minimum atomic E-state index is 0.220. The summed E-state index contributed by atoms with van der Waals surface area (Å²) in [6, 6.07) is 0. The second-order valence-electron chi connectivity index (χ2n) is 4.84. The number of hydrogen-bond donors (Lipinski definition) is 2. The van der Waals surface area contributed by atoms with Gasteiger partial charge < -0.3 is 10.4 Å². The van der Waals surface area contributed by atoms with Crippen molar-refractivity contribution in [2.75, 3.05) is 13.7 Å². The number of aliphatic hydroxyl groups is 1. The van der Waals surface area contributed by atoms with E-state index in [1.165, 1.54) is 19.3 Å². The lowest BCUT2D eigenvalue weighted by Gasteiger charge is -2.30. The molecule has 1 unspecified atom stereocenters. The van der Waals surface area contributed by atoms with E-state index in [-0.39, 0.29) is 5.54 Å².